The van der Waals surface area contributed by atoms with Gasteiger partial charge in [0.25, 0.3) is 0 Å². The Labute approximate surface area is 52.8 Å². The van der Waals surface area contributed by atoms with E-state index in [1.807, 2.05) is 32.0 Å². The van der Waals surface area contributed by atoms with Crippen molar-refractivity contribution < 1.29 is 4.80 Å². The third-order valence-electron chi connectivity index (χ3n) is 0.703. The van der Waals surface area contributed by atoms with Crippen LogP contribution in [0.3, 0.4) is 0 Å². The van der Waals surface area contributed by atoms with Crippen LogP contribution < -0.4 is 0 Å². The molecule has 0 radical (unpaired) electrons. The van der Waals surface area contributed by atoms with Crippen LogP contribution >= 0.6 is 0 Å². The molecule has 48 valence electrons. The van der Waals surface area contributed by atoms with Crippen LogP contribution in [0.25, 0.3) is 0 Å². The molecule has 0 bridgehead atoms. The van der Waals surface area contributed by atoms with Gasteiger partial charge in [-0.3, -0.25) is 0 Å². The molecular formula is C4H14BNOSi. The Bertz CT molecular complexity index is 70.9. The Hall–Kier alpha value is 0.202. The second-order valence-electron chi connectivity index (χ2n) is 3.05. The van der Waals surface area contributed by atoms with Crippen LogP contribution in [0, 0.1) is 0 Å². The van der Waals surface area contributed by atoms with E-state index in [2.05, 4.69) is 0 Å². The molecule has 0 saturated heterocycles. The third kappa shape index (κ3) is 6.20. The van der Waals surface area contributed by atoms with Crippen molar-refractivity contribution in [2.24, 2.45) is 0 Å². The van der Waals surface area contributed by atoms with E-state index in [-0.39, 0.29) is 0 Å². The highest BCUT2D eigenvalue weighted by Gasteiger charge is 2.19. The molecule has 0 amide bonds. The van der Waals surface area contributed by atoms with Gasteiger partial charge in [-0.2, -0.15) is 0 Å². The molecule has 0 aliphatic heterocycles. The molecule has 0 heterocycles. The minimum absolute atomic E-state index is 0.854. The fraction of sp³-hybridized carbons (Fsp3) is 1.00. The number of nitrogens with zero attached hydrogens (tertiary/aromatic N) is 1. The van der Waals surface area contributed by atoms with Crippen LogP contribution in [0.5, 0.6) is 0 Å². The Balaban J connectivity index is 3.39. The quantitative estimate of drug-likeness (QED) is 0.515. The smallest absolute Gasteiger partial charge is 0.227 e. The molecule has 0 aliphatic carbocycles. The maximum absolute atomic E-state index is 9.29. The number of hydrogen-bond donors (Lipinski definition) is 1. The molecule has 0 rings (SSSR count). The van der Waals surface area contributed by atoms with Crippen molar-refractivity contribution in [3.63, 3.8) is 0 Å². The number of rotatable bonds is 2. The first-order chi connectivity index (χ1) is 3.42. The van der Waals surface area contributed by atoms with Gasteiger partial charge in [0.05, 0.1) is 0 Å². The second-order valence-corrected chi connectivity index (χ2v) is 6.99. The van der Waals surface area contributed by atoms with Crippen molar-refractivity contribution in [2.75, 3.05) is 14.1 Å². The first-order valence-corrected chi connectivity index (χ1v) is 5.94. The summed E-state index contributed by atoms with van der Waals surface area (Å²) in [7, 11) is 3.01. The van der Waals surface area contributed by atoms with E-state index in [0.717, 1.165) is 7.01 Å². The molecule has 8 heavy (non-hydrogen) atoms. The molecule has 0 atom stereocenters. The lowest BCUT2D eigenvalue weighted by Crippen LogP contribution is -2.43. The Kier molecular flexibility index (Phi) is 2.73. The van der Waals surface area contributed by atoms with Crippen molar-refractivity contribution >= 4 is 15.2 Å². The maximum atomic E-state index is 9.29. The van der Waals surface area contributed by atoms with Crippen LogP contribution in [-0.2, 0) is 0 Å². The van der Waals surface area contributed by atoms with E-state index < -0.39 is 8.19 Å². The first-order valence-electron chi connectivity index (χ1n) is 2.79. The summed E-state index contributed by atoms with van der Waals surface area (Å²) in [5.74, 6) is 0. The summed E-state index contributed by atoms with van der Waals surface area (Å²) < 4.78 is 0. The van der Waals surface area contributed by atoms with Gasteiger partial charge in [-0.15, -0.1) is 0 Å². The largest absolute Gasteiger partial charge is 0.438 e. The Morgan fingerprint density at radius 1 is 1.38 bits per heavy atom. The predicted molar refractivity (Wildman–Crippen MR) is 40.5 cm³/mol. The van der Waals surface area contributed by atoms with Gasteiger partial charge in [0, 0.05) is 0 Å². The fourth-order valence-electron chi connectivity index (χ4n) is 0.774. The summed E-state index contributed by atoms with van der Waals surface area (Å²) in [4.78, 5) is 11.3. The molecule has 4 heteroatoms. The van der Waals surface area contributed by atoms with E-state index in [1.165, 1.54) is 0 Å². The summed E-state index contributed by atoms with van der Waals surface area (Å²) in [6.07, 6.45) is 0. The van der Waals surface area contributed by atoms with Crippen LogP contribution in [0.15, 0.2) is 0 Å². The monoisotopic (exact) mass is 131 g/mol. The van der Waals surface area contributed by atoms with Crippen LogP contribution in [0.4, 0.5) is 0 Å². The van der Waals surface area contributed by atoms with Crippen LogP contribution in [0.1, 0.15) is 0 Å². The van der Waals surface area contributed by atoms with Gasteiger partial charge in [0.15, 0.2) is 8.19 Å². The average molecular weight is 131 g/mol. The highest BCUT2D eigenvalue weighted by atomic mass is 28.3. The number of hydrogen-bond acceptors (Lipinski definition) is 2. The summed E-state index contributed by atoms with van der Waals surface area (Å²) in [6.45, 7) is 3.88. The zero-order valence-electron chi connectivity index (χ0n) is 6.10. The molecule has 0 saturated carbocycles. The van der Waals surface area contributed by atoms with Crippen molar-refractivity contribution in [3.8, 4) is 0 Å². The van der Waals surface area contributed by atoms with Crippen LogP contribution in [0.2, 0.25) is 13.1 Å². The van der Waals surface area contributed by atoms with E-state index >= 15 is 0 Å². The van der Waals surface area contributed by atoms with Gasteiger partial charge in [0.1, 0.15) is 0 Å². The molecule has 0 aliphatic rings. The molecule has 0 aromatic rings. The van der Waals surface area contributed by atoms with E-state index in [9.17, 15) is 4.80 Å². The van der Waals surface area contributed by atoms with Gasteiger partial charge in [-0.1, -0.05) is 13.1 Å². The molecule has 0 unspecified atom stereocenters. The molecule has 1 N–H and O–H groups in total. The van der Waals surface area contributed by atoms with Crippen molar-refractivity contribution in [1.29, 1.82) is 0 Å². The lowest BCUT2D eigenvalue weighted by molar-refractivity contribution is 0.564. The average Bonchev–Trinajstić information content (AvgIpc) is 1.21. The van der Waals surface area contributed by atoms with Crippen molar-refractivity contribution in [1.82, 2.24) is 4.81 Å². The Morgan fingerprint density at radius 3 is 1.75 bits per heavy atom. The summed E-state index contributed by atoms with van der Waals surface area (Å²) in [6, 6.07) is 0. The van der Waals surface area contributed by atoms with E-state index in [1.54, 1.807) is 0 Å². The standard InChI is InChI=1S/C4H14BNOSi/c1-6(2)5-8(3,4)7/h5,7H,1-4H3. The minimum atomic E-state index is -1.79. The summed E-state index contributed by atoms with van der Waals surface area (Å²) in [5, 5.41) is 0. The van der Waals surface area contributed by atoms with Gasteiger partial charge >= 0.3 is 0 Å². The molecule has 0 aromatic carbocycles. The summed E-state index contributed by atoms with van der Waals surface area (Å²) >= 11 is 0. The molecular weight excluding hydrogens is 117 g/mol. The third-order valence-corrected chi connectivity index (χ3v) is 2.11. The van der Waals surface area contributed by atoms with Gasteiger partial charge in [-0.05, 0) is 14.1 Å². The first kappa shape index (κ1) is 8.20. The van der Waals surface area contributed by atoms with Gasteiger partial charge in [0.2, 0.25) is 7.01 Å². The highest BCUT2D eigenvalue weighted by Crippen LogP contribution is 1.92. The lowest BCUT2D eigenvalue weighted by atomic mass is 10.3. The fourth-order valence-corrected chi connectivity index (χ4v) is 2.32. The molecule has 0 spiro atoms. The topological polar surface area (TPSA) is 23.5 Å². The molecule has 0 fully saturated rings. The van der Waals surface area contributed by atoms with Crippen molar-refractivity contribution in [3.05, 3.63) is 0 Å². The van der Waals surface area contributed by atoms with Gasteiger partial charge < -0.3 is 9.61 Å². The SMILES string of the molecule is CN(C)B[Si](C)(C)O. The predicted octanol–water partition coefficient (Wildman–Crippen LogP) is -0.406. The normalized spacial score (nSPS) is 12.2. The lowest BCUT2D eigenvalue weighted by Gasteiger charge is -2.16. The second kappa shape index (κ2) is 2.66. The van der Waals surface area contributed by atoms with Crippen LogP contribution in [-0.4, -0.2) is 38.9 Å². The summed E-state index contributed by atoms with van der Waals surface area (Å²) in [5.41, 5.74) is 0. The van der Waals surface area contributed by atoms with Gasteiger partial charge in [-0.25, -0.2) is 0 Å². The minimum Gasteiger partial charge on any atom is -0.438 e. The molecule has 2 nitrogen and oxygen atoms in total. The zero-order valence-corrected chi connectivity index (χ0v) is 7.10. The Morgan fingerprint density at radius 2 is 1.75 bits per heavy atom. The van der Waals surface area contributed by atoms with E-state index in [0.29, 0.717) is 0 Å². The highest BCUT2D eigenvalue weighted by molar-refractivity contribution is 7.18. The molecule has 0 aromatic heterocycles. The maximum Gasteiger partial charge on any atom is 0.227 e. The zero-order chi connectivity index (χ0) is 6.78. The van der Waals surface area contributed by atoms with Crippen molar-refractivity contribution in [2.45, 2.75) is 13.1 Å². The van der Waals surface area contributed by atoms with E-state index in [4.69, 9.17) is 0 Å².